The number of hydrogen-bond donors (Lipinski definition) is 1. The summed E-state index contributed by atoms with van der Waals surface area (Å²) in [4.78, 5) is 0. The van der Waals surface area contributed by atoms with Crippen molar-refractivity contribution in [3.63, 3.8) is 0 Å². The Morgan fingerprint density at radius 2 is 1.87 bits per heavy atom. The van der Waals surface area contributed by atoms with Crippen molar-refractivity contribution in [3.8, 4) is 11.5 Å². The van der Waals surface area contributed by atoms with Gasteiger partial charge in [-0.15, -0.1) is 0 Å². The molecular formula is C12H18O3. The third kappa shape index (κ3) is 3.44. The second kappa shape index (κ2) is 5.61. The quantitative estimate of drug-likeness (QED) is 0.808. The summed E-state index contributed by atoms with van der Waals surface area (Å²) in [7, 11) is 3.24. The van der Waals surface area contributed by atoms with E-state index in [4.69, 9.17) is 9.47 Å². The van der Waals surface area contributed by atoms with E-state index in [0.29, 0.717) is 0 Å². The zero-order valence-electron chi connectivity index (χ0n) is 9.49. The molecule has 0 saturated carbocycles. The summed E-state index contributed by atoms with van der Waals surface area (Å²) < 4.78 is 10.3. The van der Waals surface area contributed by atoms with Gasteiger partial charge in [-0.1, -0.05) is 6.07 Å². The summed E-state index contributed by atoms with van der Waals surface area (Å²) in [5, 5.41) is 9.19. The minimum Gasteiger partial charge on any atom is -0.493 e. The van der Waals surface area contributed by atoms with E-state index in [9.17, 15) is 5.11 Å². The van der Waals surface area contributed by atoms with Gasteiger partial charge in [-0.05, 0) is 37.5 Å². The maximum atomic E-state index is 9.19. The van der Waals surface area contributed by atoms with Crippen LogP contribution in [-0.2, 0) is 6.42 Å². The number of benzene rings is 1. The van der Waals surface area contributed by atoms with E-state index < -0.39 is 0 Å². The van der Waals surface area contributed by atoms with Crippen molar-refractivity contribution < 1.29 is 14.6 Å². The van der Waals surface area contributed by atoms with Crippen LogP contribution in [0, 0.1) is 0 Å². The Morgan fingerprint density at radius 1 is 1.20 bits per heavy atom. The maximum absolute atomic E-state index is 9.19. The molecule has 3 heteroatoms. The fraction of sp³-hybridized carbons (Fsp3) is 0.500. The van der Waals surface area contributed by atoms with Crippen molar-refractivity contribution in [2.75, 3.05) is 14.2 Å². The van der Waals surface area contributed by atoms with Gasteiger partial charge in [-0.25, -0.2) is 0 Å². The number of aliphatic hydroxyl groups excluding tert-OH is 1. The van der Waals surface area contributed by atoms with Crippen LogP contribution in [0.2, 0.25) is 0 Å². The Bertz CT molecular complexity index is 308. The first-order valence-corrected chi connectivity index (χ1v) is 5.06. The van der Waals surface area contributed by atoms with Gasteiger partial charge in [0.05, 0.1) is 20.3 Å². The van der Waals surface area contributed by atoms with Gasteiger partial charge in [-0.3, -0.25) is 0 Å². The molecule has 0 amide bonds. The Morgan fingerprint density at radius 3 is 2.40 bits per heavy atom. The van der Waals surface area contributed by atoms with Gasteiger partial charge in [0.15, 0.2) is 11.5 Å². The van der Waals surface area contributed by atoms with Gasteiger partial charge < -0.3 is 14.6 Å². The van der Waals surface area contributed by atoms with Crippen LogP contribution in [0.25, 0.3) is 0 Å². The lowest BCUT2D eigenvalue weighted by atomic mass is 10.1. The fourth-order valence-corrected chi connectivity index (χ4v) is 1.41. The number of aliphatic hydroxyl groups is 1. The molecule has 1 aromatic carbocycles. The first kappa shape index (κ1) is 11.9. The highest BCUT2D eigenvalue weighted by Crippen LogP contribution is 2.27. The average molecular weight is 210 g/mol. The maximum Gasteiger partial charge on any atom is 0.160 e. The van der Waals surface area contributed by atoms with E-state index in [-0.39, 0.29) is 6.10 Å². The van der Waals surface area contributed by atoms with E-state index in [2.05, 4.69) is 0 Å². The molecule has 0 unspecified atom stereocenters. The monoisotopic (exact) mass is 210 g/mol. The molecule has 0 heterocycles. The summed E-state index contributed by atoms with van der Waals surface area (Å²) in [6, 6.07) is 5.82. The van der Waals surface area contributed by atoms with Gasteiger partial charge in [0.1, 0.15) is 0 Å². The molecular weight excluding hydrogens is 192 g/mol. The standard InChI is InChI=1S/C12H18O3/c1-9(13)4-5-10-6-7-11(14-2)12(8-10)15-3/h6-9,13H,4-5H2,1-3H3/t9-/m1/s1. The topological polar surface area (TPSA) is 38.7 Å². The molecule has 84 valence electrons. The summed E-state index contributed by atoms with van der Waals surface area (Å²) in [5.41, 5.74) is 1.15. The van der Waals surface area contributed by atoms with E-state index in [1.165, 1.54) is 0 Å². The second-order valence-corrected chi connectivity index (χ2v) is 3.58. The predicted octanol–water partition coefficient (Wildman–Crippen LogP) is 2.02. The van der Waals surface area contributed by atoms with E-state index in [1.807, 2.05) is 18.2 Å². The van der Waals surface area contributed by atoms with Crippen molar-refractivity contribution in [1.29, 1.82) is 0 Å². The van der Waals surface area contributed by atoms with E-state index in [1.54, 1.807) is 21.1 Å². The summed E-state index contributed by atoms with van der Waals surface area (Å²) in [5.74, 6) is 1.47. The van der Waals surface area contributed by atoms with Gasteiger partial charge in [0, 0.05) is 0 Å². The lowest BCUT2D eigenvalue weighted by Crippen LogP contribution is -2.01. The number of aryl methyl sites for hydroxylation is 1. The molecule has 1 N–H and O–H groups in total. The van der Waals surface area contributed by atoms with Crippen molar-refractivity contribution in [1.82, 2.24) is 0 Å². The zero-order valence-corrected chi connectivity index (χ0v) is 9.49. The summed E-state index contributed by atoms with van der Waals surface area (Å²) in [6.07, 6.45) is 1.34. The third-order valence-corrected chi connectivity index (χ3v) is 2.30. The molecule has 0 saturated heterocycles. The lowest BCUT2D eigenvalue weighted by Gasteiger charge is -2.10. The number of hydrogen-bond acceptors (Lipinski definition) is 3. The average Bonchev–Trinajstić information content (AvgIpc) is 2.25. The van der Waals surface area contributed by atoms with Crippen molar-refractivity contribution in [3.05, 3.63) is 23.8 Å². The van der Waals surface area contributed by atoms with Crippen molar-refractivity contribution in [2.24, 2.45) is 0 Å². The van der Waals surface area contributed by atoms with Gasteiger partial charge >= 0.3 is 0 Å². The molecule has 0 aliphatic rings. The molecule has 0 fully saturated rings. The summed E-state index contributed by atoms with van der Waals surface area (Å²) in [6.45, 7) is 1.79. The smallest absolute Gasteiger partial charge is 0.160 e. The highest BCUT2D eigenvalue weighted by atomic mass is 16.5. The predicted molar refractivity (Wildman–Crippen MR) is 59.5 cm³/mol. The van der Waals surface area contributed by atoms with Crippen LogP contribution in [0.15, 0.2) is 18.2 Å². The minimum atomic E-state index is -0.266. The van der Waals surface area contributed by atoms with Crippen molar-refractivity contribution >= 4 is 0 Å². The molecule has 0 radical (unpaired) electrons. The second-order valence-electron chi connectivity index (χ2n) is 3.58. The third-order valence-electron chi connectivity index (χ3n) is 2.30. The van der Waals surface area contributed by atoms with Gasteiger partial charge in [-0.2, -0.15) is 0 Å². The molecule has 0 aromatic heterocycles. The van der Waals surface area contributed by atoms with Gasteiger partial charge in [0.2, 0.25) is 0 Å². The molecule has 1 rings (SSSR count). The Balaban J connectivity index is 2.74. The highest BCUT2D eigenvalue weighted by molar-refractivity contribution is 5.42. The zero-order chi connectivity index (χ0) is 11.3. The van der Waals surface area contributed by atoms with E-state index >= 15 is 0 Å². The van der Waals surface area contributed by atoms with Crippen LogP contribution in [0.3, 0.4) is 0 Å². The van der Waals surface area contributed by atoms with Crippen LogP contribution < -0.4 is 9.47 Å². The molecule has 0 aliphatic heterocycles. The van der Waals surface area contributed by atoms with Crippen LogP contribution >= 0.6 is 0 Å². The van der Waals surface area contributed by atoms with Crippen LogP contribution in [0.5, 0.6) is 11.5 Å². The first-order valence-electron chi connectivity index (χ1n) is 5.06. The first-order chi connectivity index (χ1) is 7.17. The fourth-order valence-electron chi connectivity index (χ4n) is 1.41. The number of methoxy groups -OCH3 is 2. The number of ether oxygens (including phenoxy) is 2. The molecule has 1 atom stereocenters. The minimum absolute atomic E-state index is 0.266. The molecule has 0 aliphatic carbocycles. The van der Waals surface area contributed by atoms with Crippen LogP contribution in [0.4, 0.5) is 0 Å². The van der Waals surface area contributed by atoms with Crippen molar-refractivity contribution in [2.45, 2.75) is 25.9 Å². The Hall–Kier alpha value is -1.22. The van der Waals surface area contributed by atoms with Gasteiger partial charge in [0.25, 0.3) is 0 Å². The Kier molecular flexibility index (Phi) is 4.43. The number of rotatable bonds is 5. The SMILES string of the molecule is COc1ccc(CC[C@@H](C)O)cc1OC. The largest absolute Gasteiger partial charge is 0.493 e. The van der Waals surface area contributed by atoms with Crippen LogP contribution in [0.1, 0.15) is 18.9 Å². The lowest BCUT2D eigenvalue weighted by molar-refractivity contribution is 0.185. The van der Waals surface area contributed by atoms with Crippen LogP contribution in [-0.4, -0.2) is 25.4 Å². The van der Waals surface area contributed by atoms with E-state index in [0.717, 1.165) is 29.9 Å². The highest BCUT2D eigenvalue weighted by Gasteiger charge is 2.05. The molecule has 0 spiro atoms. The Labute approximate surface area is 90.6 Å². The normalized spacial score (nSPS) is 12.3. The molecule has 1 aromatic rings. The molecule has 3 nitrogen and oxygen atoms in total. The molecule has 15 heavy (non-hydrogen) atoms. The molecule has 0 bridgehead atoms. The summed E-state index contributed by atoms with van der Waals surface area (Å²) >= 11 is 0.